The van der Waals surface area contributed by atoms with Crippen LogP contribution >= 0.6 is 11.8 Å². The molecule has 1 heterocycles. The van der Waals surface area contributed by atoms with Gasteiger partial charge in [0.15, 0.2) is 0 Å². The number of amides is 2. The topological polar surface area (TPSA) is 106 Å². The normalized spacial score (nSPS) is 17.9. The molecule has 2 aliphatic rings. The Morgan fingerprint density at radius 3 is 2.66 bits per heavy atom. The molecule has 0 aromatic heterocycles. The van der Waals surface area contributed by atoms with Crippen LogP contribution in [0.4, 0.5) is 29.3 Å². The van der Waals surface area contributed by atoms with E-state index < -0.39 is 30.7 Å². The predicted octanol–water partition coefficient (Wildman–Crippen LogP) is 4.98. The van der Waals surface area contributed by atoms with E-state index in [0.29, 0.717) is 55.0 Å². The number of nitrogens with one attached hydrogen (secondary N) is 3. The summed E-state index contributed by atoms with van der Waals surface area (Å²) in [4.78, 5) is 16.0. The lowest BCUT2D eigenvalue weighted by atomic mass is 9.81. The van der Waals surface area contributed by atoms with Gasteiger partial charge in [-0.1, -0.05) is 24.0 Å². The first-order chi connectivity index (χ1) is 21.1. The molecule has 44 heavy (non-hydrogen) atoms. The Balaban J connectivity index is 1.45. The summed E-state index contributed by atoms with van der Waals surface area (Å²) in [7, 11) is 1.57. The van der Waals surface area contributed by atoms with E-state index in [1.54, 1.807) is 43.1 Å². The Labute approximate surface area is 260 Å². The van der Waals surface area contributed by atoms with Crippen LogP contribution in [0.15, 0.2) is 46.9 Å². The molecule has 2 aromatic rings. The van der Waals surface area contributed by atoms with Crippen molar-refractivity contribution in [1.82, 2.24) is 10.2 Å². The van der Waals surface area contributed by atoms with Gasteiger partial charge in [-0.3, -0.25) is 0 Å². The van der Waals surface area contributed by atoms with Crippen LogP contribution in [0.2, 0.25) is 0 Å². The lowest BCUT2D eigenvalue weighted by Crippen LogP contribution is -2.47. The van der Waals surface area contributed by atoms with Gasteiger partial charge in [0.05, 0.1) is 38.5 Å². The van der Waals surface area contributed by atoms with E-state index in [1.807, 2.05) is 29.4 Å². The van der Waals surface area contributed by atoms with E-state index in [2.05, 4.69) is 27.8 Å². The molecule has 238 valence electrons. The minimum absolute atomic E-state index is 0.0618. The van der Waals surface area contributed by atoms with Crippen molar-refractivity contribution in [3.63, 3.8) is 0 Å². The molecular formula is C32H39F3N4O4S. The zero-order valence-electron chi connectivity index (χ0n) is 24.8. The number of hydrogen-bond donors (Lipinski definition) is 5. The van der Waals surface area contributed by atoms with Gasteiger partial charge >= 0.3 is 12.2 Å². The van der Waals surface area contributed by atoms with E-state index in [4.69, 9.17) is 9.84 Å². The van der Waals surface area contributed by atoms with E-state index in [1.165, 1.54) is 0 Å². The van der Waals surface area contributed by atoms with Gasteiger partial charge in [0.25, 0.3) is 0 Å². The molecule has 5 N–H and O–H groups in total. The van der Waals surface area contributed by atoms with Gasteiger partial charge in [-0.05, 0) is 61.4 Å². The molecule has 1 saturated heterocycles. The molecule has 0 saturated carbocycles. The zero-order chi connectivity index (χ0) is 31.7. The number of aliphatic hydroxyl groups excluding tert-OH is 2. The number of benzene rings is 2. The number of rotatable bonds is 10. The highest BCUT2D eigenvalue weighted by Gasteiger charge is 2.35. The van der Waals surface area contributed by atoms with Crippen LogP contribution in [0.1, 0.15) is 30.4 Å². The smallest absolute Gasteiger partial charge is 0.389 e. The molecule has 1 fully saturated rings. The molecule has 2 unspecified atom stereocenters. The second-order valence-electron chi connectivity index (χ2n) is 10.9. The molecule has 0 bridgehead atoms. The summed E-state index contributed by atoms with van der Waals surface area (Å²) in [5.74, 6) is 5.77. The van der Waals surface area contributed by atoms with Crippen molar-refractivity contribution in [2.24, 2.45) is 5.92 Å². The Kier molecular flexibility index (Phi) is 11.9. The molecule has 12 heteroatoms. The number of likely N-dealkylation sites (tertiary alicyclic amines) is 1. The average molecular weight is 633 g/mol. The molecule has 0 radical (unpaired) electrons. The first-order valence-corrected chi connectivity index (χ1v) is 15.7. The molecule has 2 aromatic carbocycles. The number of aliphatic hydroxyl groups is 2. The fourth-order valence-electron chi connectivity index (χ4n) is 5.51. The molecule has 8 nitrogen and oxygen atoms in total. The third kappa shape index (κ3) is 9.56. The van der Waals surface area contributed by atoms with Gasteiger partial charge in [-0.25, -0.2) is 4.79 Å². The van der Waals surface area contributed by atoms with Gasteiger partial charge in [-0.15, -0.1) is 11.8 Å². The van der Waals surface area contributed by atoms with Gasteiger partial charge in [-0.2, -0.15) is 13.2 Å². The minimum Gasteiger partial charge on any atom is -0.495 e. The summed E-state index contributed by atoms with van der Waals surface area (Å²) in [5, 5.41) is 27.8. The largest absolute Gasteiger partial charge is 0.495 e. The maximum absolute atomic E-state index is 13.5. The highest BCUT2D eigenvalue weighted by molar-refractivity contribution is 7.98. The number of β-amino-alcohol motifs (C(OH)–C–C–N with tert-alkyl or cyclic N) is 1. The number of nitrogens with zero attached hydrogens (tertiary/aromatic N) is 1. The fraction of sp³-hybridized carbons (Fsp3) is 0.469. The summed E-state index contributed by atoms with van der Waals surface area (Å²) < 4.78 is 46.0. The molecular weight excluding hydrogens is 593 g/mol. The van der Waals surface area contributed by atoms with Gasteiger partial charge < -0.3 is 35.8 Å². The number of halogens is 3. The number of anilines is 2. The number of ether oxygens (including phenoxy) is 1. The first kappa shape index (κ1) is 33.5. The summed E-state index contributed by atoms with van der Waals surface area (Å²) in [6.07, 6.45) is -0.961. The number of alkyl halides is 3. The molecule has 0 spiro atoms. The van der Waals surface area contributed by atoms with E-state index in [9.17, 15) is 23.1 Å². The predicted molar refractivity (Wildman–Crippen MR) is 168 cm³/mol. The second kappa shape index (κ2) is 15.6. The molecule has 4 rings (SSSR count). The van der Waals surface area contributed by atoms with Crippen LogP contribution in [-0.4, -0.2) is 85.6 Å². The monoisotopic (exact) mass is 632 g/mol. The lowest BCUT2D eigenvalue weighted by molar-refractivity contribution is -0.141. The van der Waals surface area contributed by atoms with Gasteiger partial charge in [0.1, 0.15) is 5.75 Å². The second-order valence-corrected chi connectivity index (χ2v) is 11.8. The van der Waals surface area contributed by atoms with Crippen LogP contribution in [0.3, 0.4) is 0 Å². The molecule has 1 aliphatic carbocycles. The van der Waals surface area contributed by atoms with Gasteiger partial charge in [0.2, 0.25) is 0 Å². The Morgan fingerprint density at radius 2 is 1.98 bits per heavy atom. The van der Waals surface area contributed by atoms with E-state index in [-0.39, 0.29) is 25.6 Å². The Morgan fingerprint density at radius 1 is 1.20 bits per heavy atom. The van der Waals surface area contributed by atoms with Crippen molar-refractivity contribution in [1.29, 1.82) is 0 Å². The first-order valence-electron chi connectivity index (χ1n) is 14.5. The van der Waals surface area contributed by atoms with Crippen molar-refractivity contribution in [3.8, 4) is 17.6 Å². The summed E-state index contributed by atoms with van der Waals surface area (Å²) in [5.41, 5.74) is 2.98. The van der Waals surface area contributed by atoms with Crippen LogP contribution in [0.25, 0.3) is 6.08 Å². The quantitative estimate of drug-likeness (QED) is 0.186. The Hall–Kier alpha value is -3.37. The summed E-state index contributed by atoms with van der Waals surface area (Å²) in [6, 6.07) is 10.5. The van der Waals surface area contributed by atoms with Crippen LogP contribution in [0.5, 0.6) is 5.75 Å². The third-order valence-electron chi connectivity index (χ3n) is 7.74. The number of urea groups is 1. The zero-order valence-corrected chi connectivity index (χ0v) is 25.7. The Bertz CT molecular complexity index is 1380. The highest BCUT2D eigenvalue weighted by Crippen LogP contribution is 2.38. The van der Waals surface area contributed by atoms with Crippen LogP contribution in [0, 0.1) is 17.8 Å². The number of thioether (sulfide) groups is 1. The van der Waals surface area contributed by atoms with Crippen molar-refractivity contribution in [3.05, 3.63) is 53.1 Å². The van der Waals surface area contributed by atoms with E-state index in [0.717, 1.165) is 16.1 Å². The number of carbonyl (C=O) groups excluding carboxylic acids is 1. The minimum atomic E-state index is -4.35. The SMILES string of the molecule is COc1cc(SC)ccc1NCC#CC1=Cc2c(cccc2NC(=O)NC2CCN(CC(O)CO)CC2)CC1CC(F)(F)F. The molecule has 1 aliphatic heterocycles. The average Bonchev–Trinajstić information content (AvgIpc) is 2.99. The van der Waals surface area contributed by atoms with Crippen molar-refractivity contribution < 1.29 is 32.9 Å². The number of methoxy groups -OCH3 is 1. The maximum Gasteiger partial charge on any atom is 0.389 e. The number of fused-ring (bicyclic) bond motifs is 1. The number of allylic oxidation sites excluding steroid dienone is 1. The fourth-order valence-corrected chi connectivity index (χ4v) is 5.94. The lowest BCUT2D eigenvalue weighted by Gasteiger charge is -2.33. The maximum atomic E-state index is 13.5. The molecule has 2 atom stereocenters. The summed E-state index contributed by atoms with van der Waals surface area (Å²) >= 11 is 1.59. The third-order valence-corrected chi connectivity index (χ3v) is 8.46. The van der Waals surface area contributed by atoms with Gasteiger partial charge in [0, 0.05) is 53.3 Å². The molecule has 2 amide bonds. The van der Waals surface area contributed by atoms with Crippen LogP contribution in [-0.2, 0) is 6.42 Å². The van der Waals surface area contributed by atoms with Crippen molar-refractivity contribution in [2.45, 2.75) is 48.9 Å². The highest BCUT2D eigenvalue weighted by atomic mass is 32.2. The van der Waals surface area contributed by atoms with E-state index >= 15 is 0 Å². The van der Waals surface area contributed by atoms with Crippen LogP contribution < -0.4 is 20.7 Å². The number of hydrogen-bond acceptors (Lipinski definition) is 7. The van der Waals surface area contributed by atoms with Crippen molar-refractivity contribution >= 4 is 35.2 Å². The number of carbonyl (C=O) groups is 1. The standard InChI is InChI=1S/C32H39F3N4O4S/c1-43-30-17-26(44-2)8-9-29(30)36-12-4-6-21-16-27-22(15-23(21)18-32(33,34)35)5-3-7-28(27)38-31(42)37-24-10-13-39(14-11-24)19-25(41)20-40/h3,5,7-9,16-17,23-25,36,40-41H,10-15,18-20H2,1-2H3,(H2,37,38,42). The number of piperidine rings is 1. The van der Waals surface area contributed by atoms with Crippen molar-refractivity contribution in [2.75, 3.05) is 56.8 Å². The summed E-state index contributed by atoms with van der Waals surface area (Å²) in [6.45, 7) is 1.66.